The Morgan fingerprint density at radius 3 is 2.48 bits per heavy atom. The van der Waals surface area contributed by atoms with Gasteiger partial charge in [0.25, 0.3) is 0 Å². The number of aliphatic carboxylic acids is 1. The van der Waals surface area contributed by atoms with Crippen LogP contribution in [-0.2, 0) is 11.2 Å². The molecule has 21 heavy (non-hydrogen) atoms. The smallest absolute Gasteiger partial charge is 0.310 e. The van der Waals surface area contributed by atoms with E-state index in [1.54, 1.807) is 0 Å². The quantitative estimate of drug-likeness (QED) is 0.854. The molecule has 0 spiro atoms. The lowest BCUT2D eigenvalue weighted by Gasteiger charge is -2.27. The van der Waals surface area contributed by atoms with Gasteiger partial charge in [0.15, 0.2) is 0 Å². The highest BCUT2D eigenvalue weighted by Gasteiger charge is 2.39. The van der Waals surface area contributed by atoms with Crippen molar-refractivity contribution in [2.75, 3.05) is 0 Å². The molecule has 0 aromatic carbocycles. The van der Waals surface area contributed by atoms with Crippen LogP contribution in [0.5, 0.6) is 0 Å². The molecule has 4 nitrogen and oxygen atoms in total. The third-order valence-corrected chi connectivity index (χ3v) is 5.40. The molecule has 1 aromatic heterocycles. The average Bonchev–Trinajstić information content (AvgIpc) is 3.07. The molecule has 0 amide bonds. The van der Waals surface area contributed by atoms with E-state index in [-0.39, 0.29) is 0 Å². The molecule has 1 heterocycles. The predicted octanol–water partition coefficient (Wildman–Crippen LogP) is 3.97. The van der Waals surface area contributed by atoms with E-state index >= 15 is 0 Å². The van der Waals surface area contributed by atoms with Crippen LogP contribution >= 0.6 is 0 Å². The molecular weight excluding hydrogens is 264 g/mol. The summed E-state index contributed by atoms with van der Waals surface area (Å²) in [5.41, 5.74) is 0.386. The van der Waals surface area contributed by atoms with E-state index in [4.69, 9.17) is 5.10 Å². The van der Waals surface area contributed by atoms with Crippen LogP contribution in [0.15, 0.2) is 12.3 Å². The van der Waals surface area contributed by atoms with Crippen molar-refractivity contribution in [2.24, 2.45) is 5.41 Å². The number of aromatic nitrogens is 2. The Labute approximate surface area is 126 Å². The Morgan fingerprint density at radius 1 is 1.19 bits per heavy atom. The third-order valence-electron chi connectivity index (χ3n) is 5.40. The molecule has 116 valence electrons. The standard InChI is InChI=1S/C17H26N2O2/c20-16(21)17(10-5-1-2-6-11-17)13-14-9-12-19(18-14)15-7-3-4-8-15/h9,12,15H,1-8,10-11,13H2,(H,20,21). The van der Waals surface area contributed by atoms with Crippen LogP contribution in [0, 0.1) is 5.41 Å². The van der Waals surface area contributed by atoms with Crippen molar-refractivity contribution in [3.8, 4) is 0 Å². The van der Waals surface area contributed by atoms with E-state index in [2.05, 4.69) is 10.9 Å². The maximum Gasteiger partial charge on any atom is 0.310 e. The van der Waals surface area contributed by atoms with E-state index in [0.29, 0.717) is 12.5 Å². The van der Waals surface area contributed by atoms with Gasteiger partial charge in [-0.25, -0.2) is 0 Å². The van der Waals surface area contributed by atoms with E-state index in [9.17, 15) is 9.90 Å². The number of hydrogen-bond acceptors (Lipinski definition) is 2. The second-order valence-corrected chi connectivity index (χ2v) is 6.90. The van der Waals surface area contributed by atoms with Gasteiger partial charge in [-0.2, -0.15) is 5.10 Å². The summed E-state index contributed by atoms with van der Waals surface area (Å²) in [5, 5.41) is 14.5. The van der Waals surface area contributed by atoms with E-state index in [1.807, 2.05) is 6.07 Å². The molecular formula is C17H26N2O2. The highest BCUT2D eigenvalue weighted by molar-refractivity contribution is 5.75. The lowest BCUT2D eigenvalue weighted by atomic mass is 9.76. The van der Waals surface area contributed by atoms with E-state index in [1.165, 1.54) is 38.5 Å². The molecule has 2 saturated carbocycles. The zero-order valence-corrected chi connectivity index (χ0v) is 12.8. The Morgan fingerprint density at radius 2 is 1.86 bits per heavy atom. The first-order valence-electron chi connectivity index (χ1n) is 8.47. The minimum atomic E-state index is -0.625. The molecule has 0 bridgehead atoms. The van der Waals surface area contributed by atoms with Crippen molar-refractivity contribution in [1.82, 2.24) is 9.78 Å². The summed E-state index contributed by atoms with van der Waals surface area (Å²) in [7, 11) is 0. The summed E-state index contributed by atoms with van der Waals surface area (Å²) in [4.78, 5) is 11.9. The molecule has 0 unspecified atom stereocenters. The Bertz CT molecular complexity index is 481. The number of rotatable bonds is 4. The van der Waals surface area contributed by atoms with Gasteiger partial charge in [-0.15, -0.1) is 0 Å². The molecule has 2 aliphatic carbocycles. The molecule has 0 saturated heterocycles. The van der Waals surface area contributed by atoms with Crippen molar-refractivity contribution in [1.29, 1.82) is 0 Å². The van der Waals surface area contributed by atoms with Crippen molar-refractivity contribution in [2.45, 2.75) is 76.7 Å². The van der Waals surface area contributed by atoms with Crippen molar-refractivity contribution >= 4 is 5.97 Å². The maximum atomic E-state index is 11.9. The minimum absolute atomic E-state index is 0.536. The largest absolute Gasteiger partial charge is 0.481 e. The molecule has 4 heteroatoms. The molecule has 2 fully saturated rings. The van der Waals surface area contributed by atoms with Gasteiger partial charge < -0.3 is 5.11 Å². The topological polar surface area (TPSA) is 55.1 Å². The second-order valence-electron chi connectivity index (χ2n) is 6.90. The fraction of sp³-hybridized carbons (Fsp3) is 0.765. The molecule has 0 aliphatic heterocycles. The van der Waals surface area contributed by atoms with Crippen LogP contribution < -0.4 is 0 Å². The summed E-state index contributed by atoms with van der Waals surface area (Å²) in [6, 6.07) is 2.57. The average molecular weight is 290 g/mol. The van der Waals surface area contributed by atoms with Crippen LogP contribution in [-0.4, -0.2) is 20.9 Å². The summed E-state index contributed by atoms with van der Waals surface area (Å²) >= 11 is 0. The Kier molecular flexibility index (Phi) is 4.32. The lowest BCUT2D eigenvalue weighted by Crippen LogP contribution is -2.33. The second kappa shape index (κ2) is 6.20. The molecule has 0 atom stereocenters. The van der Waals surface area contributed by atoms with Gasteiger partial charge in [0.1, 0.15) is 0 Å². The number of carbonyl (C=O) groups is 1. The van der Waals surface area contributed by atoms with Crippen LogP contribution in [0.25, 0.3) is 0 Å². The fourth-order valence-electron chi connectivity index (χ4n) is 4.06. The van der Waals surface area contributed by atoms with Crippen molar-refractivity contribution in [3.05, 3.63) is 18.0 Å². The zero-order chi connectivity index (χ0) is 14.7. The first-order valence-corrected chi connectivity index (χ1v) is 8.47. The van der Waals surface area contributed by atoms with Gasteiger partial charge in [-0.3, -0.25) is 9.48 Å². The van der Waals surface area contributed by atoms with Crippen molar-refractivity contribution in [3.63, 3.8) is 0 Å². The highest BCUT2D eigenvalue weighted by atomic mass is 16.4. The SMILES string of the molecule is O=C(O)C1(Cc2ccn(C3CCCC3)n2)CCCCCC1. The van der Waals surface area contributed by atoms with Gasteiger partial charge in [0, 0.05) is 12.6 Å². The summed E-state index contributed by atoms with van der Waals surface area (Å²) in [6.45, 7) is 0. The third kappa shape index (κ3) is 3.14. The van der Waals surface area contributed by atoms with Gasteiger partial charge in [0.05, 0.1) is 17.2 Å². The molecule has 1 N–H and O–H groups in total. The minimum Gasteiger partial charge on any atom is -0.481 e. The molecule has 2 aliphatic rings. The maximum absolute atomic E-state index is 11.9. The van der Waals surface area contributed by atoms with Crippen LogP contribution in [0.3, 0.4) is 0 Å². The first kappa shape index (κ1) is 14.6. The van der Waals surface area contributed by atoms with Crippen LogP contribution in [0.4, 0.5) is 0 Å². The van der Waals surface area contributed by atoms with E-state index < -0.39 is 11.4 Å². The van der Waals surface area contributed by atoms with Gasteiger partial charge in [0.2, 0.25) is 0 Å². The fourth-order valence-corrected chi connectivity index (χ4v) is 4.06. The van der Waals surface area contributed by atoms with Crippen LogP contribution in [0.1, 0.15) is 75.9 Å². The molecule has 1 aromatic rings. The number of carboxylic acids is 1. The summed E-state index contributed by atoms with van der Waals surface area (Å²) in [6.07, 6.45) is 13.7. The Hall–Kier alpha value is -1.32. The highest BCUT2D eigenvalue weighted by Crippen LogP contribution is 2.38. The van der Waals surface area contributed by atoms with Crippen molar-refractivity contribution < 1.29 is 9.90 Å². The monoisotopic (exact) mass is 290 g/mol. The normalized spacial score (nSPS) is 23.0. The summed E-state index contributed by atoms with van der Waals surface area (Å²) in [5.74, 6) is -0.625. The predicted molar refractivity (Wildman–Crippen MR) is 81.2 cm³/mol. The summed E-state index contributed by atoms with van der Waals surface area (Å²) < 4.78 is 2.08. The zero-order valence-electron chi connectivity index (χ0n) is 12.8. The molecule has 0 radical (unpaired) electrons. The van der Waals surface area contributed by atoms with Gasteiger partial charge in [-0.05, 0) is 31.7 Å². The number of hydrogen-bond donors (Lipinski definition) is 1. The molecule has 3 rings (SSSR count). The van der Waals surface area contributed by atoms with Crippen LogP contribution in [0.2, 0.25) is 0 Å². The lowest BCUT2D eigenvalue weighted by molar-refractivity contribution is -0.149. The van der Waals surface area contributed by atoms with E-state index in [0.717, 1.165) is 31.4 Å². The number of carboxylic acid groups (broad SMARTS) is 1. The Balaban J connectivity index is 1.74. The number of nitrogens with zero attached hydrogens (tertiary/aromatic N) is 2. The van der Waals surface area contributed by atoms with Gasteiger partial charge in [-0.1, -0.05) is 38.5 Å². The first-order chi connectivity index (χ1) is 10.2. The van der Waals surface area contributed by atoms with Gasteiger partial charge >= 0.3 is 5.97 Å².